The average molecular weight is 643 g/mol. The maximum Gasteiger partial charge on any atom is 0.407 e. The molecule has 2 aliphatic rings. The van der Waals surface area contributed by atoms with Gasteiger partial charge < -0.3 is 49.7 Å². The van der Waals surface area contributed by atoms with Crippen molar-refractivity contribution in [2.45, 2.75) is 25.0 Å². The molecule has 0 saturated carbocycles. The number of imidazole rings is 2. The number of nitrogens with zero attached hydrogens (tertiary/aromatic N) is 3. The Morgan fingerprint density at radius 3 is 2.66 bits per heavy atom. The summed E-state index contributed by atoms with van der Waals surface area (Å²) in [4.78, 5) is 41.0. The summed E-state index contributed by atoms with van der Waals surface area (Å²) in [6, 6.07) is 12.3. The summed E-state index contributed by atoms with van der Waals surface area (Å²) < 4.78 is 16.7. The fraction of sp³-hybridized carbons (Fsp3) is 0.273. The monoisotopic (exact) mass is 642 g/mol. The number of hydrogen-bond donors (Lipinski definition) is 6. The zero-order valence-electron chi connectivity index (χ0n) is 25.5. The van der Waals surface area contributed by atoms with Gasteiger partial charge in [0.25, 0.3) is 0 Å². The summed E-state index contributed by atoms with van der Waals surface area (Å²) in [6.07, 6.45) is 2.98. The highest BCUT2D eigenvalue weighted by atomic mass is 16.5. The van der Waals surface area contributed by atoms with E-state index in [1.807, 2.05) is 18.2 Å². The number of benzene rings is 2. The number of rotatable bonds is 8. The number of nitrogens with one attached hydrogen (secondary N) is 3. The number of methoxy groups -OCH3 is 1. The molecule has 2 aliphatic heterocycles. The van der Waals surface area contributed by atoms with E-state index in [2.05, 4.69) is 36.6 Å². The van der Waals surface area contributed by atoms with Crippen molar-refractivity contribution >= 4 is 30.1 Å². The number of aromatic amines is 2. The van der Waals surface area contributed by atoms with Gasteiger partial charge >= 0.3 is 6.09 Å². The lowest BCUT2D eigenvalue weighted by Gasteiger charge is -2.24. The van der Waals surface area contributed by atoms with E-state index in [0.717, 1.165) is 17.0 Å². The van der Waals surface area contributed by atoms with Crippen LogP contribution in [0.4, 0.5) is 4.79 Å². The Balaban J connectivity index is 1.32. The molecular formula is C33H34N6O8. The quantitative estimate of drug-likeness (QED) is 0.163. The number of aliphatic hydroxyl groups is 3. The molecule has 0 radical (unpaired) electrons. The molecule has 4 heterocycles. The number of alkyl carbamates (subject to hydrolysis) is 1. The second kappa shape index (κ2) is 13.4. The first-order chi connectivity index (χ1) is 22.7. The molecular weight excluding hydrogens is 608 g/mol. The molecule has 2 amide bonds. The van der Waals surface area contributed by atoms with Crippen molar-refractivity contribution in [3.8, 4) is 17.0 Å². The number of ether oxygens (including phenoxy) is 3. The van der Waals surface area contributed by atoms with Crippen molar-refractivity contribution in [2.24, 2.45) is 0 Å². The molecule has 244 valence electrons. The molecule has 14 heteroatoms. The van der Waals surface area contributed by atoms with Crippen LogP contribution in [0, 0.1) is 10.6 Å². The van der Waals surface area contributed by atoms with E-state index in [4.69, 9.17) is 9.47 Å². The first-order valence-corrected chi connectivity index (χ1v) is 14.9. The van der Waals surface area contributed by atoms with Gasteiger partial charge in [-0.05, 0) is 36.3 Å². The molecule has 0 aliphatic carbocycles. The van der Waals surface area contributed by atoms with Crippen LogP contribution in [0.2, 0.25) is 0 Å². The Labute approximate surface area is 268 Å². The van der Waals surface area contributed by atoms with Crippen LogP contribution >= 0.6 is 0 Å². The molecule has 6 rings (SSSR count). The predicted octanol–water partition coefficient (Wildman–Crippen LogP) is 1.31. The van der Waals surface area contributed by atoms with Gasteiger partial charge in [0.2, 0.25) is 11.7 Å². The zero-order valence-corrected chi connectivity index (χ0v) is 25.5. The smallest absolute Gasteiger partial charge is 0.407 e. The summed E-state index contributed by atoms with van der Waals surface area (Å²) in [7, 11) is 1.24. The average Bonchev–Trinajstić information content (AvgIpc) is 3.87. The largest absolute Gasteiger partial charge is 0.504 e. The molecule has 1 saturated heterocycles. The third-order valence-corrected chi connectivity index (χ3v) is 7.95. The lowest BCUT2D eigenvalue weighted by Crippen LogP contribution is -2.40. The van der Waals surface area contributed by atoms with Crippen LogP contribution in [0.5, 0.6) is 5.75 Å². The van der Waals surface area contributed by atoms with Crippen LogP contribution in [-0.4, -0.2) is 91.7 Å². The number of aromatic nitrogens is 4. The van der Waals surface area contributed by atoms with E-state index in [1.165, 1.54) is 7.11 Å². The maximum absolute atomic E-state index is 12.8. The molecule has 2 aromatic heterocycles. The van der Waals surface area contributed by atoms with Crippen LogP contribution in [0.25, 0.3) is 29.4 Å². The number of carbonyl (C=O) groups excluding carboxylic acids is 2. The lowest BCUT2D eigenvalue weighted by atomic mass is 10.0. The first-order valence-electron chi connectivity index (χ1n) is 14.9. The van der Waals surface area contributed by atoms with E-state index < -0.39 is 18.8 Å². The topological polar surface area (TPSA) is 195 Å². The van der Waals surface area contributed by atoms with Crippen molar-refractivity contribution in [2.75, 3.05) is 33.4 Å². The third-order valence-electron chi connectivity index (χ3n) is 7.95. The molecule has 14 nitrogen and oxygen atoms in total. The minimum atomic E-state index is -1.18. The summed E-state index contributed by atoms with van der Waals surface area (Å²) in [5, 5.41) is 35.5. The van der Waals surface area contributed by atoms with Gasteiger partial charge in [-0.15, -0.1) is 0 Å². The number of H-pyrrole nitrogens is 2. The van der Waals surface area contributed by atoms with Gasteiger partial charge in [-0.25, -0.2) is 14.8 Å². The number of amides is 2. The van der Waals surface area contributed by atoms with E-state index in [-0.39, 0.29) is 42.4 Å². The molecule has 2 atom stereocenters. The molecule has 47 heavy (non-hydrogen) atoms. The van der Waals surface area contributed by atoms with Crippen LogP contribution in [0.15, 0.2) is 60.6 Å². The van der Waals surface area contributed by atoms with E-state index >= 15 is 0 Å². The van der Waals surface area contributed by atoms with Crippen LogP contribution in [0.3, 0.4) is 0 Å². The van der Waals surface area contributed by atoms with E-state index in [1.54, 1.807) is 41.6 Å². The van der Waals surface area contributed by atoms with Crippen molar-refractivity contribution in [1.29, 1.82) is 0 Å². The van der Waals surface area contributed by atoms with Crippen molar-refractivity contribution < 1.29 is 39.1 Å². The van der Waals surface area contributed by atoms with Crippen molar-refractivity contribution in [3.05, 3.63) is 93.3 Å². The molecule has 0 bridgehead atoms. The summed E-state index contributed by atoms with van der Waals surface area (Å²) in [6.45, 7) is 3.34. The Bertz CT molecular complexity index is 2030. The number of aliphatic hydroxyl groups excluding tert-OH is 3. The number of hydrogen-bond acceptors (Lipinski definition) is 10. The fourth-order valence-electron chi connectivity index (χ4n) is 5.55. The van der Waals surface area contributed by atoms with Gasteiger partial charge in [-0.2, -0.15) is 0 Å². The standard InChI is InChI=1S/C33H34N6O8/c1-18-34-13-24(37-18)19-5-7-20(8-6-19)30-31(46-17-22(41)16-40)29(43)23-12-21(9-10-27(23)47-30)25-14-35-32(38-25)26-4-3-11-39(26)28(42)15-36-33(44)45-2/h5-10,12-14,22,26,37,40-41,43H,1,3-4,11,15-17H2,2H3,(H,35,38)(H,36,44). The SMILES string of the molecule is C=c1ncc(=c2ccc(=C3Oc4ccc(-c5cnc(C6CCCN6C(=O)CNC(=O)OC)[nH]5)cc4C(O)=C3OCC(O)CO)cc2)[nH]1. The zero-order chi connectivity index (χ0) is 33.1. The summed E-state index contributed by atoms with van der Waals surface area (Å²) >= 11 is 0. The lowest BCUT2D eigenvalue weighted by molar-refractivity contribution is -0.131. The highest BCUT2D eigenvalue weighted by Crippen LogP contribution is 2.40. The van der Waals surface area contributed by atoms with Gasteiger partial charge in [0.1, 0.15) is 36.3 Å². The number of carbonyl (C=O) groups is 2. The van der Waals surface area contributed by atoms with Gasteiger partial charge in [0, 0.05) is 17.3 Å². The van der Waals surface area contributed by atoms with Gasteiger partial charge in [0.05, 0.1) is 48.8 Å². The van der Waals surface area contributed by atoms with Gasteiger partial charge in [-0.3, -0.25) is 4.79 Å². The number of fused-ring (bicyclic) bond motifs is 1. The highest BCUT2D eigenvalue weighted by Gasteiger charge is 2.32. The van der Waals surface area contributed by atoms with Crippen LogP contribution < -0.4 is 20.8 Å². The normalized spacial score (nSPS) is 16.4. The number of likely N-dealkylation sites (tertiary alicyclic amines) is 1. The first kappa shape index (κ1) is 31.4. The van der Waals surface area contributed by atoms with E-state index in [0.29, 0.717) is 52.1 Å². The minimum absolute atomic E-state index is 0.00228. The van der Waals surface area contributed by atoms with Gasteiger partial charge in [-0.1, -0.05) is 30.8 Å². The molecule has 1 fully saturated rings. The van der Waals surface area contributed by atoms with Crippen LogP contribution in [-0.2, 0) is 14.3 Å². The van der Waals surface area contributed by atoms with Crippen molar-refractivity contribution in [1.82, 2.24) is 30.2 Å². The molecule has 6 N–H and O–H groups in total. The molecule has 2 unspecified atom stereocenters. The maximum atomic E-state index is 12.8. The second-order valence-corrected chi connectivity index (χ2v) is 11.1. The fourth-order valence-corrected chi connectivity index (χ4v) is 5.55. The molecule has 0 spiro atoms. The van der Waals surface area contributed by atoms with Gasteiger partial charge in [0.15, 0.2) is 11.5 Å². The summed E-state index contributed by atoms with van der Waals surface area (Å²) in [5.41, 5.74) is 2.23. The van der Waals surface area contributed by atoms with E-state index in [9.17, 15) is 24.9 Å². The summed E-state index contributed by atoms with van der Waals surface area (Å²) in [5.74, 6) is 0.756. The third kappa shape index (κ3) is 6.55. The Morgan fingerprint density at radius 2 is 1.94 bits per heavy atom. The minimum Gasteiger partial charge on any atom is -0.504 e. The van der Waals surface area contributed by atoms with Crippen LogP contribution in [0.1, 0.15) is 30.3 Å². The Hall–Kier alpha value is -5.60. The molecule has 4 aromatic rings. The highest BCUT2D eigenvalue weighted by molar-refractivity contribution is 5.84. The van der Waals surface area contributed by atoms with Crippen molar-refractivity contribution in [3.63, 3.8) is 0 Å². The Kier molecular flexibility index (Phi) is 8.95. The molecule has 2 aromatic carbocycles. The Morgan fingerprint density at radius 1 is 1.15 bits per heavy atom. The predicted molar refractivity (Wildman–Crippen MR) is 168 cm³/mol. The second-order valence-electron chi connectivity index (χ2n) is 11.1.